The zero-order chi connectivity index (χ0) is 38.6. The lowest BCUT2D eigenvalue weighted by Crippen LogP contribution is -2.75. The predicted molar refractivity (Wildman–Crippen MR) is 199 cm³/mol. The molecule has 1 heterocycles. The van der Waals surface area contributed by atoms with E-state index in [-0.39, 0.29) is 71.1 Å². The summed E-state index contributed by atoms with van der Waals surface area (Å²) in [4.78, 5) is 13.2. The van der Waals surface area contributed by atoms with Crippen LogP contribution in [-0.2, 0) is 25.6 Å². The zero-order valence-corrected chi connectivity index (χ0v) is 32.6. The van der Waals surface area contributed by atoms with E-state index < -0.39 is 53.6 Å². The summed E-state index contributed by atoms with van der Waals surface area (Å²) in [6.07, 6.45) is 5.40. The Morgan fingerprint density at radius 3 is 2.31 bits per heavy atom. The molecule has 4 bridgehead atoms. The van der Waals surface area contributed by atoms with Gasteiger partial charge < -0.3 is 44.8 Å². The van der Waals surface area contributed by atoms with E-state index in [1.165, 1.54) is 5.57 Å². The predicted octanol–water partition coefficient (Wildman–Crippen LogP) is 4.86. The molecule has 1 aliphatic heterocycles. The minimum Gasteiger partial charge on any atom is -0.481 e. The maximum absolute atomic E-state index is 13.2. The van der Waals surface area contributed by atoms with Crippen LogP contribution in [0, 0.1) is 62.1 Å². The van der Waals surface area contributed by atoms with Crippen molar-refractivity contribution in [3.63, 3.8) is 0 Å². The average Bonchev–Trinajstić information content (AvgIpc) is 3.14. The van der Waals surface area contributed by atoms with E-state index in [0.29, 0.717) is 32.3 Å². The SMILES string of the molecule is C[C@]1(CO)CC[C@]2(C(=O)O)CC[C@]3(C)C(=CC[C@@H]4[C@]5(C)[C@@H]6[C@@H](C=C[C@H]5[C@@H](OCc5ccccc5)[C@@H](O[C@@H]5OC[C@@H](O)[C@H](O)[C@H]5O)[C@@]6(C)CO)C[C@]43C)[C@@H]2C1. The number of fused-ring (bicyclic) bond motifs is 5. The molecule has 1 aromatic rings. The van der Waals surface area contributed by atoms with Crippen molar-refractivity contribution in [2.24, 2.45) is 62.1 Å². The van der Waals surface area contributed by atoms with E-state index >= 15 is 0 Å². The quantitative estimate of drug-likeness (QED) is 0.160. The monoisotopic (exact) mass is 750 g/mol. The van der Waals surface area contributed by atoms with Gasteiger partial charge in [0.1, 0.15) is 18.3 Å². The van der Waals surface area contributed by atoms with Crippen LogP contribution in [0.3, 0.4) is 0 Å². The molecule has 6 aliphatic carbocycles. The zero-order valence-electron chi connectivity index (χ0n) is 32.6. The van der Waals surface area contributed by atoms with Gasteiger partial charge in [-0.2, -0.15) is 0 Å². The highest BCUT2D eigenvalue weighted by Crippen LogP contribution is 2.79. The van der Waals surface area contributed by atoms with Crippen molar-refractivity contribution in [1.29, 1.82) is 0 Å². The Kier molecular flexibility index (Phi) is 9.46. The topological polar surface area (TPSA) is 166 Å². The van der Waals surface area contributed by atoms with Crippen molar-refractivity contribution in [1.82, 2.24) is 0 Å². The van der Waals surface area contributed by atoms with Crippen LogP contribution in [0.2, 0.25) is 0 Å². The van der Waals surface area contributed by atoms with Crippen LogP contribution >= 0.6 is 0 Å². The first-order valence-corrected chi connectivity index (χ1v) is 20.3. The Labute approximate surface area is 319 Å². The van der Waals surface area contributed by atoms with Gasteiger partial charge in [-0.05, 0) is 95.8 Å². The van der Waals surface area contributed by atoms with E-state index in [2.05, 4.69) is 52.8 Å². The molecule has 298 valence electrons. The minimum atomic E-state index is -1.49. The Hall–Kier alpha value is -2.15. The summed E-state index contributed by atoms with van der Waals surface area (Å²) >= 11 is 0. The third-order valence-corrected chi connectivity index (χ3v) is 17.2. The Bertz CT molecular complexity index is 1660. The van der Waals surface area contributed by atoms with Crippen LogP contribution in [-0.4, -0.2) is 93.2 Å². The molecule has 0 unspecified atom stereocenters. The first-order chi connectivity index (χ1) is 25.5. The molecule has 0 amide bonds. The van der Waals surface area contributed by atoms with Gasteiger partial charge in [0, 0.05) is 17.9 Å². The first-order valence-electron chi connectivity index (χ1n) is 20.3. The van der Waals surface area contributed by atoms with Gasteiger partial charge in [-0.15, -0.1) is 0 Å². The summed E-state index contributed by atoms with van der Waals surface area (Å²) in [6.45, 7) is 11.4. The average molecular weight is 751 g/mol. The number of carboxylic acids is 1. The molecule has 0 aromatic heterocycles. The fourth-order valence-electron chi connectivity index (χ4n) is 14.1. The lowest BCUT2D eigenvalue weighted by molar-refractivity contribution is -0.346. The second-order valence-electron chi connectivity index (χ2n) is 19.7. The number of aliphatic hydroxyl groups excluding tert-OH is 5. The summed E-state index contributed by atoms with van der Waals surface area (Å²) < 4.78 is 19.6. The largest absolute Gasteiger partial charge is 0.481 e. The highest BCUT2D eigenvalue weighted by molar-refractivity contribution is 5.76. The molecule has 0 spiro atoms. The molecule has 54 heavy (non-hydrogen) atoms. The van der Waals surface area contributed by atoms with E-state index in [0.717, 1.165) is 24.8 Å². The second-order valence-corrected chi connectivity index (χ2v) is 19.7. The summed E-state index contributed by atoms with van der Waals surface area (Å²) in [5.41, 5.74) is -0.557. The van der Waals surface area contributed by atoms with Crippen LogP contribution in [0.5, 0.6) is 0 Å². The number of aliphatic carboxylic acids is 1. The molecular formula is C44H62O10. The summed E-state index contributed by atoms with van der Waals surface area (Å²) in [5.74, 6) is -0.769. The molecule has 17 atom stereocenters. The van der Waals surface area contributed by atoms with Crippen molar-refractivity contribution < 1.29 is 49.6 Å². The van der Waals surface area contributed by atoms with Crippen LogP contribution in [0.4, 0.5) is 0 Å². The number of hydrogen-bond donors (Lipinski definition) is 6. The second kappa shape index (κ2) is 13.2. The van der Waals surface area contributed by atoms with Crippen LogP contribution in [0.15, 0.2) is 54.1 Å². The Morgan fingerprint density at radius 2 is 1.63 bits per heavy atom. The number of carboxylic acid groups (broad SMARTS) is 1. The summed E-state index contributed by atoms with van der Waals surface area (Å²) in [6, 6.07) is 9.96. The molecule has 1 saturated heterocycles. The molecule has 1 aromatic carbocycles. The van der Waals surface area contributed by atoms with Gasteiger partial charge in [-0.3, -0.25) is 4.79 Å². The smallest absolute Gasteiger partial charge is 0.310 e. The van der Waals surface area contributed by atoms with Crippen molar-refractivity contribution in [2.45, 2.75) is 123 Å². The van der Waals surface area contributed by atoms with E-state index in [4.69, 9.17) is 14.2 Å². The molecular weight excluding hydrogens is 688 g/mol. The number of rotatable bonds is 8. The lowest BCUT2D eigenvalue weighted by Gasteiger charge is -2.75. The highest BCUT2D eigenvalue weighted by Gasteiger charge is 2.75. The van der Waals surface area contributed by atoms with Gasteiger partial charge >= 0.3 is 5.97 Å². The van der Waals surface area contributed by atoms with Crippen LogP contribution in [0.1, 0.15) is 85.1 Å². The molecule has 6 N–H and O–H groups in total. The molecule has 0 radical (unpaired) electrons. The Morgan fingerprint density at radius 1 is 0.907 bits per heavy atom. The maximum Gasteiger partial charge on any atom is 0.310 e. The molecule has 5 fully saturated rings. The van der Waals surface area contributed by atoms with Crippen LogP contribution in [0.25, 0.3) is 0 Å². The fourth-order valence-corrected chi connectivity index (χ4v) is 14.1. The summed E-state index contributed by atoms with van der Waals surface area (Å²) in [7, 11) is 0. The van der Waals surface area contributed by atoms with Crippen molar-refractivity contribution >= 4 is 5.97 Å². The summed E-state index contributed by atoms with van der Waals surface area (Å²) in [5, 5.41) is 64.9. The van der Waals surface area contributed by atoms with Gasteiger partial charge in [-0.1, -0.05) is 88.8 Å². The van der Waals surface area contributed by atoms with Crippen molar-refractivity contribution in [3.05, 3.63) is 59.7 Å². The van der Waals surface area contributed by atoms with Crippen LogP contribution < -0.4 is 0 Å². The number of carbonyl (C=O) groups is 1. The molecule has 8 rings (SSSR count). The Balaban J connectivity index is 1.23. The number of benzene rings is 1. The fraction of sp³-hybridized carbons (Fsp3) is 0.750. The lowest BCUT2D eigenvalue weighted by atomic mass is 9.29. The number of ether oxygens (including phenoxy) is 3. The van der Waals surface area contributed by atoms with Crippen molar-refractivity contribution in [3.8, 4) is 0 Å². The van der Waals surface area contributed by atoms with Gasteiger partial charge in [0.05, 0.1) is 37.4 Å². The number of aliphatic hydroxyl groups is 5. The van der Waals surface area contributed by atoms with Gasteiger partial charge in [0.2, 0.25) is 0 Å². The van der Waals surface area contributed by atoms with Crippen molar-refractivity contribution in [2.75, 3.05) is 19.8 Å². The normalized spacial score (nSPS) is 52.0. The first kappa shape index (κ1) is 38.7. The number of hydrogen-bond acceptors (Lipinski definition) is 9. The van der Waals surface area contributed by atoms with E-state index in [9.17, 15) is 35.4 Å². The standard InChI is InChI=1S/C44H62O10/c1-39(23-45)15-17-44(38(50)51)18-16-41(3)27(29(44)20-39)13-14-31-42(41,4)19-26-11-12-28-34(52-21-25-9-7-6-8-10-25)36(40(2,24-46)35(26)43(28,31)5)54-37-33(49)32(48)30(47)22-53-37/h6-13,26,28-37,45-49H,14-24H2,1-5H3,(H,50,51)/t26-,28-,29-,30+,31-,32-,33+,34+,35+,36+,37-,39-,40-,41+,42+,43+,44-/m0/s1. The van der Waals surface area contributed by atoms with E-state index in [1.807, 2.05) is 30.3 Å². The van der Waals surface area contributed by atoms with Gasteiger partial charge in [0.25, 0.3) is 0 Å². The minimum absolute atomic E-state index is 0.0338. The molecule has 10 nitrogen and oxygen atoms in total. The number of allylic oxidation sites excluding steroid dienone is 3. The maximum atomic E-state index is 13.2. The van der Waals surface area contributed by atoms with Gasteiger partial charge in [-0.25, -0.2) is 0 Å². The third-order valence-electron chi connectivity index (χ3n) is 17.2. The van der Waals surface area contributed by atoms with E-state index in [1.54, 1.807) is 0 Å². The third kappa shape index (κ3) is 5.23. The van der Waals surface area contributed by atoms with Gasteiger partial charge in [0.15, 0.2) is 6.29 Å². The highest BCUT2D eigenvalue weighted by atomic mass is 16.7. The molecule has 10 heteroatoms. The molecule has 7 aliphatic rings. The molecule has 4 saturated carbocycles.